The van der Waals surface area contributed by atoms with Crippen LogP contribution in [0.4, 0.5) is 0 Å². The minimum absolute atomic E-state index is 0.00516. The lowest BCUT2D eigenvalue weighted by Gasteiger charge is -2.11. The van der Waals surface area contributed by atoms with Crippen molar-refractivity contribution in [2.45, 2.75) is 0 Å². The molecule has 4 heteroatoms. The van der Waals surface area contributed by atoms with Gasteiger partial charge in [0.2, 0.25) is 0 Å². The standard InChI is InChI=1S/C10H12INO2/c1-12(2)10(13)7-4-5-9(14-3)8(11)6-7/h4-6H,1-3H3. The quantitative estimate of drug-likeness (QED) is 0.782. The first-order chi connectivity index (χ1) is 6.56. The van der Waals surface area contributed by atoms with Crippen molar-refractivity contribution < 1.29 is 9.53 Å². The molecule has 0 N–H and O–H groups in total. The number of benzene rings is 1. The van der Waals surface area contributed by atoms with Crippen LogP contribution in [0.2, 0.25) is 0 Å². The molecule has 1 aromatic carbocycles. The maximum Gasteiger partial charge on any atom is 0.253 e. The molecule has 0 fully saturated rings. The zero-order valence-corrected chi connectivity index (χ0v) is 10.5. The molecule has 1 rings (SSSR count). The number of carbonyl (C=O) groups excluding carboxylic acids is 1. The van der Waals surface area contributed by atoms with Gasteiger partial charge in [0, 0.05) is 19.7 Å². The summed E-state index contributed by atoms with van der Waals surface area (Å²) in [5, 5.41) is 0. The molecule has 0 aliphatic rings. The number of ether oxygens (including phenoxy) is 1. The molecule has 1 amide bonds. The maximum absolute atomic E-state index is 11.6. The second kappa shape index (κ2) is 4.63. The van der Waals surface area contributed by atoms with Gasteiger partial charge in [-0.2, -0.15) is 0 Å². The number of halogens is 1. The molecule has 0 aliphatic carbocycles. The van der Waals surface area contributed by atoms with E-state index < -0.39 is 0 Å². The van der Waals surface area contributed by atoms with Crippen LogP contribution in [-0.4, -0.2) is 32.0 Å². The van der Waals surface area contributed by atoms with Crippen molar-refractivity contribution >= 4 is 28.5 Å². The van der Waals surface area contributed by atoms with E-state index in [0.29, 0.717) is 5.56 Å². The van der Waals surface area contributed by atoms with Gasteiger partial charge in [0.1, 0.15) is 5.75 Å². The average Bonchev–Trinajstić information content (AvgIpc) is 2.16. The van der Waals surface area contributed by atoms with Crippen LogP contribution in [0.15, 0.2) is 18.2 Å². The van der Waals surface area contributed by atoms with Crippen LogP contribution in [0.25, 0.3) is 0 Å². The van der Waals surface area contributed by atoms with E-state index >= 15 is 0 Å². The van der Waals surface area contributed by atoms with Crippen molar-refractivity contribution in [3.8, 4) is 5.75 Å². The van der Waals surface area contributed by atoms with E-state index in [4.69, 9.17) is 4.74 Å². The fourth-order valence-corrected chi connectivity index (χ4v) is 1.79. The van der Waals surface area contributed by atoms with E-state index in [1.54, 1.807) is 38.2 Å². The highest BCUT2D eigenvalue weighted by molar-refractivity contribution is 14.1. The van der Waals surface area contributed by atoms with Crippen LogP contribution < -0.4 is 4.74 Å². The van der Waals surface area contributed by atoms with E-state index in [0.717, 1.165) is 9.32 Å². The van der Waals surface area contributed by atoms with Gasteiger partial charge in [-0.25, -0.2) is 0 Å². The Morgan fingerprint density at radius 2 is 2.07 bits per heavy atom. The van der Waals surface area contributed by atoms with E-state index in [-0.39, 0.29) is 5.91 Å². The molecule has 0 atom stereocenters. The maximum atomic E-state index is 11.6. The molecule has 76 valence electrons. The lowest BCUT2D eigenvalue weighted by molar-refractivity contribution is 0.0827. The summed E-state index contributed by atoms with van der Waals surface area (Å²) in [6.07, 6.45) is 0. The Balaban J connectivity index is 3.03. The van der Waals surface area contributed by atoms with E-state index in [1.807, 2.05) is 6.07 Å². The van der Waals surface area contributed by atoms with Crippen LogP contribution in [0.5, 0.6) is 5.75 Å². The molecule has 0 saturated heterocycles. The molecule has 0 spiro atoms. The summed E-state index contributed by atoms with van der Waals surface area (Å²) in [6.45, 7) is 0. The SMILES string of the molecule is COc1ccc(C(=O)N(C)C)cc1I. The first-order valence-corrected chi connectivity index (χ1v) is 5.19. The molecule has 0 heterocycles. The molecule has 3 nitrogen and oxygen atoms in total. The third-order valence-electron chi connectivity index (χ3n) is 1.80. The molecule has 14 heavy (non-hydrogen) atoms. The molecule has 0 saturated carbocycles. The van der Waals surface area contributed by atoms with Gasteiger partial charge in [0.15, 0.2) is 0 Å². The first-order valence-electron chi connectivity index (χ1n) is 4.11. The molecular weight excluding hydrogens is 293 g/mol. The Morgan fingerprint density at radius 3 is 2.50 bits per heavy atom. The number of methoxy groups -OCH3 is 1. The second-order valence-electron chi connectivity index (χ2n) is 3.05. The smallest absolute Gasteiger partial charge is 0.253 e. The lowest BCUT2D eigenvalue weighted by atomic mass is 10.2. The first kappa shape index (κ1) is 11.3. The summed E-state index contributed by atoms with van der Waals surface area (Å²) in [7, 11) is 5.09. The molecular formula is C10H12INO2. The summed E-state index contributed by atoms with van der Waals surface area (Å²) in [5.41, 5.74) is 0.681. The minimum Gasteiger partial charge on any atom is -0.496 e. The van der Waals surface area contributed by atoms with Crippen LogP contribution >= 0.6 is 22.6 Å². The van der Waals surface area contributed by atoms with E-state index in [1.165, 1.54) is 0 Å². The molecule has 0 aliphatic heterocycles. The highest BCUT2D eigenvalue weighted by atomic mass is 127. The number of rotatable bonds is 2. The monoisotopic (exact) mass is 305 g/mol. The summed E-state index contributed by atoms with van der Waals surface area (Å²) in [6, 6.07) is 5.39. The number of carbonyl (C=O) groups is 1. The van der Waals surface area contributed by atoms with Gasteiger partial charge in [-0.15, -0.1) is 0 Å². The highest BCUT2D eigenvalue weighted by Gasteiger charge is 2.09. The van der Waals surface area contributed by atoms with Crippen LogP contribution in [0, 0.1) is 3.57 Å². The third-order valence-corrected chi connectivity index (χ3v) is 2.65. The van der Waals surface area contributed by atoms with E-state index in [2.05, 4.69) is 22.6 Å². The lowest BCUT2D eigenvalue weighted by Crippen LogP contribution is -2.21. The van der Waals surface area contributed by atoms with Gasteiger partial charge in [0.05, 0.1) is 10.7 Å². The van der Waals surface area contributed by atoms with Gasteiger partial charge in [0.25, 0.3) is 5.91 Å². The molecule has 0 aromatic heterocycles. The van der Waals surface area contributed by atoms with Gasteiger partial charge >= 0.3 is 0 Å². The van der Waals surface area contributed by atoms with Crippen LogP contribution in [-0.2, 0) is 0 Å². The summed E-state index contributed by atoms with van der Waals surface area (Å²) >= 11 is 2.15. The van der Waals surface area contributed by atoms with Crippen molar-refractivity contribution in [3.63, 3.8) is 0 Å². The van der Waals surface area contributed by atoms with Gasteiger partial charge < -0.3 is 9.64 Å². The van der Waals surface area contributed by atoms with Gasteiger partial charge in [-0.1, -0.05) is 0 Å². The number of amides is 1. The zero-order valence-electron chi connectivity index (χ0n) is 8.37. The molecule has 1 aromatic rings. The summed E-state index contributed by atoms with van der Waals surface area (Å²) < 4.78 is 6.05. The Hall–Kier alpha value is -0.780. The Bertz CT molecular complexity index is 350. The second-order valence-corrected chi connectivity index (χ2v) is 4.21. The number of hydrogen-bond acceptors (Lipinski definition) is 2. The van der Waals surface area contributed by atoms with Crippen LogP contribution in [0.1, 0.15) is 10.4 Å². The fourth-order valence-electron chi connectivity index (χ4n) is 1.06. The molecule has 0 unspecified atom stereocenters. The topological polar surface area (TPSA) is 29.5 Å². The highest BCUT2D eigenvalue weighted by Crippen LogP contribution is 2.21. The fraction of sp³-hybridized carbons (Fsp3) is 0.300. The van der Waals surface area contributed by atoms with Crippen LogP contribution in [0.3, 0.4) is 0 Å². The normalized spacial score (nSPS) is 9.71. The van der Waals surface area contributed by atoms with Crippen molar-refractivity contribution in [3.05, 3.63) is 27.3 Å². The van der Waals surface area contributed by atoms with Gasteiger partial charge in [-0.05, 0) is 40.8 Å². The Kier molecular flexibility index (Phi) is 3.74. The van der Waals surface area contributed by atoms with Crippen molar-refractivity contribution in [1.29, 1.82) is 0 Å². The van der Waals surface area contributed by atoms with Crippen molar-refractivity contribution in [2.24, 2.45) is 0 Å². The summed E-state index contributed by atoms with van der Waals surface area (Å²) in [4.78, 5) is 13.1. The molecule has 0 bridgehead atoms. The Labute approximate surface area is 97.2 Å². The predicted molar refractivity (Wildman–Crippen MR) is 63.7 cm³/mol. The largest absolute Gasteiger partial charge is 0.496 e. The van der Waals surface area contributed by atoms with Crippen molar-refractivity contribution in [2.75, 3.05) is 21.2 Å². The average molecular weight is 305 g/mol. The predicted octanol–water partition coefficient (Wildman–Crippen LogP) is 2.00. The number of hydrogen-bond donors (Lipinski definition) is 0. The van der Waals surface area contributed by atoms with Crippen molar-refractivity contribution in [1.82, 2.24) is 4.90 Å². The van der Waals surface area contributed by atoms with E-state index in [9.17, 15) is 4.79 Å². The zero-order chi connectivity index (χ0) is 10.7. The third kappa shape index (κ3) is 2.37. The summed E-state index contributed by atoms with van der Waals surface area (Å²) in [5.74, 6) is 0.798. The number of nitrogens with zero attached hydrogens (tertiary/aromatic N) is 1. The van der Waals surface area contributed by atoms with Gasteiger partial charge in [-0.3, -0.25) is 4.79 Å². The molecule has 0 radical (unpaired) electrons. The minimum atomic E-state index is 0.00516. The Morgan fingerprint density at radius 1 is 1.43 bits per heavy atom.